The summed E-state index contributed by atoms with van der Waals surface area (Å²) in [4.78, 5) is 12.3. The maximum atomic E-state index is 12.9. The van der Waals surface area contributed by atoms with Crippen molar-refractivity contribution in [1.29, 1.82) is 0 Å². The first-order valence-corrected chi connectivity index (χ1v) is 10.7. The van der Waals surface area contributed by atoms with Gasteiger partial charge in [-0.25, -0.2) is 12.8 Å². The number of nitrogens with one attached hydrogen (secondary N) is 1. The first-order valence-electron chi connectivity index (χ1n) is 9.19. The topological polar surface area (TPSA) is 66.5 Å². The van der Waals surface area contributed by atoms with Crippen LogP contribution in [-0.4, -0.2) is 31.7 Å². The highest BCUT2D eigenvalue weighted by Gasteiger charge is 2.29. The fraction of sp³-hybridized carbons (Fsp3) is 0.286. The van der Waals surface area contributed by atoms with Crippen LogP contribution in [0.5, 0.6) is 0 Å². The summed E-state index contributed by atoms with van der Waals surface area (Å²) in [7, 11) is -3.50. The largest absolute Gasteiger partial charge is 0.352 e. The van der Waals surface area contributed by atoms with Gasteiger partial charge in [-0.1, -0.05) is 42.5 Å². The quantitative estimate of drug-likeness (QED) is 0.807. The van der Waals surface area contributed by atoms with Crippen molar-refractivity contribution in [2.24, 2.45) is 5.92 Å². The number of carbonyl (C=O) groups excluding carboxylic acids is 1. The van der Waals surface area contributed by atoms with Crippen LogP contribution in [0.25, 0.3) is 6.08 Å². The zero-order chi connectivity index (χ0) is 20.0. The van der Waals surface area contributed by atoms with Crippen LogP contribution in [0.3, 0.4) is 0 Å². The second-order valence-electron chi connectivity index (χ2n) is 6.78. The molecule has 1 heterocycles. The smallest absolute Gasteiger partial charge is 0.236 e. The maximum Gasteiger partial charge on any atom is 0.236 e. The van der Waals surface area contributed by atoms with E-state index >= 15 is 0 Å². The summed E-state index contributed by atoms with van der Waals surface area (Å²) in [6.07, 6.45) is 2.54. The highest BCUT2D eigenvalue weighted by Crippen LogP contribution is 2.21. The molecular formula is C21H23FN2O3S. The van der Waals surface area contributed by atoms with Gasteiger partial charge in [0.1, 0.15) is 5.82 Å². The van der Waals surface area contributed by atoms with Crippen molar-refractivity contribution < 1.29 is 17.6 Å². The minimum atomic E-state index is -3.50. The molecule has 1 aliphatic heterocycles. The number of amides is 1. The Bertz CT molecular complexity index is 920. The lowest BCUT2D eigenvalue weighted by atomic mass is 9.97. The molecule has 2 aromatic rings. The zero-order valence-electron chi connectivity index (χ0n) is 15.4. The number of carbonyl (C=O) groups is 1. The average Bonchev–Trinajstić information content (AvgIpc) is 2.72. The molecule has 1 aliphatic rings. The fourth-order valence-corrected chi connectivity index (χ4v) is 4.34. The fourth-order valence-electron chi connectivity index (χ4n) is 3.12. The lowest BCUT2D eigenvalue weighted by Crippen LogP contribution is -2.42. The van der Waals surface area contributed by atoms with Crippen molar-refractivity contribution in [2.45, 2.75) is 19.4 Å². The summed E-state index contributed by atoms with van der Waals surface area (Å²) < 4.78 is 39.3. The Morgan fingerprint density at radius 1 is 1.07 bits per heavy atom. The van der Waals surface area contributed by atoms with E-state index in [1.54, 1.807) is 18.2 Å². The molecule has 0 aliphatic carbocycles. The Labute approximate surface area is 164 Å². The van der Waals surface area contributed by atoms with Crippen LogP contribution in [0, 0.1) is 11.7 Å². The molecule has 3 rings (SSSR count). The number of piperidine rings is 1. The van der Waals surface area contributed by atoms with Gasteiger partial charge in [-0.3, -0.25) is 4.79 Å². The van der Waals surface area contributed by atoms with Crippen LogP contribution in [-0.2, 0) is 21.4 Å². The summed E-state index contributed by atoms with van der Waals surface area (Å²) >= 11 is 0. The molecule has 0 spiro atoms. The van der Waals surface area contributed by atoms with Crippen molar-refractivity contribution in [2.75, 3.05) is 13.1 Å². The van der Waals surface area contributed by atoms with E-state index in [0.717, 1.165) is 11.1 Å². The van der Waals surface area contributed by atoms with Crippen LogP contribution in [0.15, 0.2) is 60.0 Å². The van der Waals surface area contributed by atoms with Gasteiger partial charge in [-0.05, 0) is 42.2 Å². The van der Waals surface area contributed by atoms with Crippen molar-refractivity contribution >= 4 is 22.0 Å². The molecule has 0 unspecified atom stereocenters. The molecule has 148 valence electrons. The van der Waals surface area contributed by atoms with Crippen LogP contribution in [0.4, 0.5) is 4.39 Å². The van der Waals surface area contributed by atoms with Crippen molar-refractivity contribution in [1.82, 2.24) is 9.62 Å². The van der Waals surface area contributed by atoms with Gasteiger partial charge in [-0.2, -0.15) is 4.31 Å². The third-order valence-corrected chi connectivity index (χ3v) is 6.36. The molecule has 0 radical (unpaired) electrons. The highest BCUT2D eigenvalue weighted by molar-refractivity contribution is 7.92. The molecular weight excluding hydrogens is 379 g/mol. The third-order valence-electron chi connectivity index (χ3n) is 4.80. The van der Waals surface area contributed by atoms with Gasteiger partial charge in [0.15, 0.2) is 0 Å². The van der Waals surface area contributed by atoms with E-state index in [2.05, 4.69) is 5.32 Å². The van der Waals surface area contributed by atoms with E-state index < -0.39 is 10.0 Å². The lowest BCUT2D eigenvalue weighted by molar-refractivity contribution is -0.126. The number of halogens is 1. The predicted molar refractivity (Wildman–Crippen MR) is 107 cm³/mol. The van der Waals surface area contributed by atoms with E-state index in [0.29, 0.717) is 32.5 Å². The second kappa shape index (κ2) is 9.12. The molecule has 0 aromatic heterocycles. The Morgan fingerprint density at radius 3 is 2.36 bits per heavy atom. The standard InChI is InChI=1S/C21H23FN2O3S/c22-20-8-6-18(7-9-20)16-23-21(25)19-10-13-24(14-11-19)28(26,27)15-12-17-4-2-1-3-5-17/h1-9,12,15,19H,10-11,13-14,16H2,(H,23,25)/b15-12+. The minimum absolute atomic E-state index is 0.0961. The van der Waals surface area contributed by atoms with Gasteiger partial charge in [-0.15, -0.1) is 0 Å². The molecule has 7 heteroatoms. The molecule has 1 N–H and O–H groups in total. The summed E-state index contributed by atoms with van der Waals surface area (Å²) in [6.45, 7) is 0.962. The number of rotatable bonds is 6. The summed E-state index contributed by atoms with van der Waals surface area (Å²) in [5.74, 6) is -0.629. The first kappa shape index (κ1) is 20.2. The summed E-state index contributed by atoms with van der Waals surface area (Å²) in [5.41, 5.74) is 1.64. The Morgan fingerprint density at radius 2 is 1.71 bits per heavy atom. The van der Waals surface area contributed by atoms with Crippen molar-refractivity contribution in [3.63, 3.8) is 0 Å². The third kappa shape index (κ3) is 5.50. The SMILES string of the molecule is O=C(NCc1ccc(F)cc1)C1CCN(S(=O)(=O)/C=C/c2ccccc2)CC1. The van der Waals surface area contributed by atoms with Crippen LogP contribution in [0.1, 0.15) is 24.0 Å². The minimum Gasteiger partial charge on any atom is -0.352 e. The average molecular weight is 402 g/mol. The lowest BCUT2D eigenvalue weighted by Gasteiger charge is -2.29. The van der Waals surface area contributed by atoms with E-state index in [-0.39, 0.29) is 17.6 Å². The molecule has 0 atom stereocenters. The first-order chi connectivity index (χ1) is 13.4. The van der Waals surface area contributed by atoms with Crippen molar-refractivity contribution in [3.05, 3.63) is 76.9 Å². The van der Waals surface area contributed by atoms with Gasteiger partial charge in [0, 0.05) is 31.0 Å². The molecule has 1 amide bonds. The maximum absolute atomic E-state index is 12.9. The molecule has 5 nitrogen and oxygen atoms in total. The Kier molecular flexibility index (Phi) is 6.59. The molecule has 1 saturated heterocycles. The van der Waals surface area contributed by atoms with Gasteiger partial charge < -0.3 is 5.32 Å². The van der Waals surface area contributed by atoms with E-state index in [9.17, 15) is 17.6 Å². The zero-order valence-corrected chi connectivity index (χ0v) is 16.2. The number of benzene rings is 2. The van der Waals surface area contributed by atoms with E-state index in [1.807, 2.05) is 30.3 Å². The van der Waals surface area contributed by atoms with E-state index in [1.165, 1.54) is 21.8 Å². The summed E-state index contributed by atoms with van der Waals surface area (Å²) in [5, 5.41) is 4.06. The normalized spacial score (nSPS) is 16.3. The second-order valence-corrected chi connectivity index (χ2v) is 8.59. The van der Waals surface area contributed by atoms with Gasteiger partial charge in [0.25, 0.3) is 0 Å². The van der Waals surface area contributed by atoms with Gasteiger partial charge in [0.05, 0.1) is 0 Å². The summed E-state index contributed by atoms with van der Waals surface area (Å²) in [6, 6.07) is 15.2. The molecule has 28 heavy (non-hydrogen) atoms. The van der Waals surface area contributed by atoms with Gasteiger partial charge >= 0.3 is 0 Å². The van der Waals surface area contributed by atoms with Crippen LogP contribution in [0.2, 0.25) is 0 Å². The highest BCUT2D eigenvalue weighted by atomic mass is 32.2. The molecule has 0 saturated carbocycles. The van der Waals surface area contributed by atoms with Crippen LogP contribution >= 0.6 is 0 Å². The Balaban J connectivity index is 1.49. The number of nitrogens with zero attached hydrogens (tertiary/aromatic N) is 1. The molecule has 2 aromatic carbocycles. The predicted octanol–water partition coefficient (Wildman–Crippen LogP) is 3.15. The van der Waals surface area contributed by atoms with Crippen molar-refractivity contribution in [3.8, 4) is 0 Å². The van der Waals surface area contributed by atoms with E-state index in [4.69, 9.17) is 0 Å². The number of hydrogen-bond donors (Lipinski definition) is 1. The monoisotopic (exact) mass is 402 g/mol. The van der Waals surface area contributed by atoms with Crippen LogP contribution < -0.4 is 5.32 Å². The molecule has 0 bridgehead atoms. The van der Waals surface area contributed by atoms with Gasteiger partial charge in [0.2, 0.25) is 15.9 Å². The number of hydrogen-bond acceptors (Lipinski definition) is 3. The Hall–Kier alpha value is -2.51. The number of sulfonamides is 1. The molecule has 1 fully saturated rings.